The molecule has 1 atom stereocenters. The van der Waals surface area contributed by atoms with Gasteiger partial charge in [-0.15, -0.1) is 0 Å². The van der Waals surface area contributed by atoms with Crippen molar-refractivity contribution >= 4 is 15.9 Å². The second kappa shape index (κ2) is 5.08. The topological polar surface area (TPSA) is 38.9 Å². The molecule has 0 aliphatic carbocycles. The standard InChI is InChI=1S/C12H19BrN2/c1-12(2,3)5-4-11(14)9-6-10(13)8-15-7-9/h6-8,11H,4-5,14H2,1-3H3. The molecule has 1 heterocycles. The van der Waals surface area contributed by atoms with Crippen LogP contribution in [0.3, 0.4) is 0 Å². The Morgan fingerprint density at radius 1 is 1.40 bits per heavy atom. The van der Waals surface area contributed by atoms with Crippen LogP contribution in [-0.4, -0.2) is 4.98 Å². The lowest BCUT2D eigenvalue weighted by Gasteiger charge is -2.20. The molecule has 0 aromatic carbocycles. The summed E-state index contributed by atoms with van der Waals surface area (Å²) in [5.74, 6) is 0. The molecule has 1 aromatic rings. The van der Waals surface area contributed by atoms with Gasteiger partial charge >= 0.3 is 0 Å². The highest BCUT2D eigenvalue weighted by Gasteiger charge is 2.14. The predicted molar refractivity (Wildman–Crippen MR) is 67.6 cm³/mol. The second-order valence-electron chi connectivity index (χ2n) is 5.14. The first kappa shape index (κ1) is 12.7. The first-order valence-corrected chi connectivity index (χ1v) is 6.04. The number of nitrogens with zero attached hydrogens (tertiary/aromatic N) is 1. The Morgan fingerprint density at radius 2 is 2.07 bits per heavy atom. The van der Waals surface area contributed by atoms with Crippen molar-refractivity contribution < 1.29 is 0 Å². The van der Waals surface area contributed by atoms with E-state index < -0.39 is 0 Å². The van der Waals surface area contributed by atoms with Crippen LogP contribution in [0.2, 0.25) is 0 Å². The van der Waals surface area contributed by atoms with Crippen LogP contribution in [0.25, 0.3) is 0 Å². The Hall–Kier alpha value is -0.410. The molecule has 0 saturated carbocycles. The van der Waals surface area contributed by atoms with Gasteiger partial charge < -0.3 is 5.73 Å². The van der Waals surface area contributed by atoms with Gasteiger partial charge in [0.1, 0.15) is 0 Å². The number of hydrogen-bond donors (Lipinski definition) is 1. The molecule has 3 heteroatoms. The van der Waals surface area contributed by atoms with Crippen molar-refractivity contribution in [3.63, 3.8) is 0 Å². The Kier molecular flexibility index (Phi) is 4.29. The highest BCUT2D eigenvalue weighted by Crippen LogP contribution is 2.26. The molecule has 84 valence electrons. The maximum absolute atomic E-state index is 6.11. The maximum atomic E-state index is 6.11. The fourth-order valence-corrected chi connectivity index (χ4v) is 1.77. The Labute approximate surface area is 100 Å². The van der Waals surface area contributed by atoms with Crippen LogP contribution in [-0.2, 0) is 0 Å². The summed E-state index contributed by atoms with van der Waals surface area (Å²) < 4.78 is 0.992. The largest absolute Gasteiger partial charge is 0.324 e. The van der Waals surface area contributed by atoms with E-state index in [0.29, 0.717) is 5.41 Å². The lowest BCUT2D eigenvalue weighted by atomic mass is 9.88. The molecule has 15 heavy (non-hydrogen) atoms. The van der Waals surface area contributed by atoms with E-state index in [1.165, 1.54) is 0 Å². The highest BCUT2D eigenvalue weighted by atomic mass is 79.9. The third kappa shape index (κ3) is 4.76. The van der Waals surface area contributed by atoms with Gasteiger partial charge in [-0.2, -0.15) is 0 Å². The molecular weight excluding hydrogens is 252 g/mol. The van der Waals surface area contributed by atoms with Gasteiger partial charge in [-0.1, -0.05) is 20.8 Å². The SMILES string of the molecule is CC(C)(C)CCC(N)c1cncc(Br)c1. The summed E-state index contributed by atoms with van der Waals surface area (Å²) in [6.45, 7) is 6.70. The van der Waals surface area contributed by atoms with Crippen molar-refractivity contribution in [3.05, 3.63) is 28.5 Å². The molecule has 2 N–H and O–H groups in total. The predicted octanol–water partition coefficient (Wildman–Crippen LogP) is 3.67. The van der Waals surface area contributed by atoms with Crippen LogP contribution in [0.15, 0.2) is 22.9 Å². The summed E-state index contributed by atoms with van der Waals surface area (Å²) in [4.78, 5) is 4.12. The molecule has 0 saturated heterocycles. The number of hydrogen-bond acceptors (Lipinski definition) is 2. The van der Waals surface area contributed by atoms with Gasteiger partial charge in [0, 0.05) is 22.9 Å². The van der Waals surface area contributed by atoms with Crippen LogP contribution in [0, 0.1) is 5.41 Å². The van der Waals surface area contributed by atoms with E-state index in [1.807, 2.05) is 12.3 Å². The van der Waals surface area contributed by atoms with Crippen LogP contribution in [0.5, 0.6) is 0 Å². The lowest BCUT2D eigenvalue weighted by molar-refractivity contribution is 0.349. The molecular formula is C12H19BrN2. The maximum Gasteiger partial charge on any atom is 0.0410 e. The van der Waals surface area contributed by atoms with Gasteiger partial charge in [0.2, 0.25) is 0 Å². The third-order valence-corrected chi connectivity index (χ3v) is 2.79. The Morgan fingerprint density at radius 3 is 2.60 bits per heavy atom. The molecule has 1 unspecified atom stereocenters. The molecule has 0 spiro atoms. The summed E-state index contributed by atoms with van der Waals surface area (Å²) in [5, 5.41) is 0. The van der Waals surface area contributed by atoms with Crippen molar-refractivity contribution in [1.29, 1.82) is 0 Å². The Balaban J connectivity index is 2.58. The summed E-state index contributed by atoms with van der Waals surface area (Å²) in [6.07, 6.45) is 5.75. The zero-order valence-electron chi connectivity index (χ0n) is 9.63. The van der Waals surface area contributed by atoms with E-state index in [0.717, 1.165) is 22.9 Å². The van der Waals surface area contributed by atoms with E-state index in [1.54, 1.807) is 6.20 Å². The minimum Gasteiger partial charge on any atom is -0.324 e. The summed E-state index contributed by atoms with van der Waals surface area (Å²) in [5.41, 5.74) is 7.56. The van der Waals surface area contributed by atoms with Gasteiger partial charge in [-0.25, -0.2) is 0 Å². The third-order valence-electron chi connectivity index (χ3n) is 2.36. The molecule has 0 bridgehead atoms. The number of rotatable bonds is 3. The average molecular weight is 271 g/mol. The van der Waals surface area contributed by atoms with E-state index in [-0.39, 0.29) is 6.04 Å². The van der Waals surface area contributed by atoms with E-state index >= 15 is 0 Å². The molecule has 0 aliphatic heterocycles. The van der Waals surface area contributed by atoms with E-state index in [9.17, 15) is 0 Å². The van der Waals surface area contributed by atoms with Crippen molar-refractivity contribution in [1.82, 2.24) is 4.98 Å². The Bertz CT molecular complexity index is 318. The molecule has 2 nitrogen and oxygen atoms in total. The van der Waals surface area contributed by atoms with Gasteiger partial charge in [0.05, 0.1) is 0 Å². The summed E-state index contributed by atoms with van der Waals surface area (Å²) in [6, 6.07) is 2.13. The fourth-order valence-electron chi connectivity index (χ4n) is 1.39. The molecule has 1 rings (SSSR count). The van der Waals surface area contributed by atoms with E-state index in [4.69, 9.17) is 5.73 Å². The molecule has 0 fully saturated rings. The van der Waals surface area contributed by atoms with Crippen LogP contribution < -0.4 is 5.73 Å². The number of pyridine rings is 1. The van der Waals surface area contributed by atoms with Crippen LogP contribution >= 0.6 is 15.9 Å². The van der Waals surface area contributed by atoms with Crippen molar-refractivity contribution in [2.75, 3.05) is 0 Å². The highest BCUT2D eigenvalue weighted by molar-refractivity contribution is 9.10. The zero-order chi connectivity index (χ0) is 11.5. The van der Waals surface area contributed by atoms with Crippen LogP contribution in [0.4, 0.5) is 0 Å². The fraction of sp³-hybridized carbons (Fsp3) is 0.583. The number of nitrogens with two attached hydrogens (primary N) is 1. The quantitative estimate of drug-likeness (QED) is 0.911. The molecule has 0 amide bonds. The lowest BCUT2D eigenvalue weighted by Crippen LogP contribution is -2.14. The van der Waals surface area contributed by atoms with Crippen molar-refractivity contribution in [3.8, 4) is 0 Å². The molecule has 1 aromatic heterocycles. The smallest absolute Gasteiger partial charge is 0.0410 e. The monoisotopic (exact) mass is 270 g/mol. The molecule has 0 aliphatic rings. The minimum absolute atomic E-state index is 0.0919. The number of aromatic nitrogens is 1. The molecule has 0 radical (unpaired) electrons. The minimum atomic E-state index is 0.0919. The van der Waals surface area contributed by atoms with Gasteiger partial charge in [0.25, 0.3) is 0 Å². The van der Waals surface area contributed by atoms with Crippen molar-refractivity contribution in [2.24, 2.45) is 11.1 Å². The van der Waals surface area contributed by atoms with Gasteiger partial charge in [-0.05, 0) is 45.8 Å². The zero-order valence-corrected chi connectivity index (χ0v) is 11.2. The normalized spacial score (nSPS) is 13.9. The van der Waals surface area contributed by atoms with Crippen LogP contribution in [0.1, 0.15) is 45.2 Å². The second-order valence-corrected chi connectivity index (χ2v) is 6.06. The summed E-state index contributed by atoms with van der Waals surface area (Å²) in [7, 11) is 0. The number of halogens is 1. The van der Waals surface area contributed by atoms with E-state index in [2.05, 4.69) is 41.7 Å². The first-order chi connectivity index (χ1) is 6.88. The van der Waals surface area contributed by atoms with Crippen molar-refractivity contribution in [2.45, 2.75) is 39.7 Å². The van der Waals surface area contributed by atoms with Gasteiger partial charge in [0.15, 0.2) is 0 Å². The van der Waals surface area contributed by atoms with Gasteiger partial charge in [-0.3, -0.25) is 4.98 Å². The summed E-state index contributed by atoms with van der Waals surface area (Å²) >= 11 is 3.40. The first-order valence-electron chi connectivity index (χ1n) is 5.24. The average Bonchev–Trinajstić information content (AvgIpc) is 2.13.